The van der Waals surface area contributed by atoms with Crippen LogP contribution in [0.2, 0.25) is 0 Å². The molecule has 3 rings (SSSR count). The minimum atomic E-state index is -0.171. The Kier molecular flexibility index (Phi) is 4.65. The number of amides is 1. The van der Waals surface area contributed by atoms with Gasteiger partial charge in [0.25, 0.3) is 5.91 Å². The van der Waals surface area contributed by atoms with Crippen LogP contribution < -0.4 is 16.0 Å². The lowest BCUT2D eigenvalue weighted by atomic mass is 10.2. The van der Waals surface area contributed by atoms with Crippen LogP contribution in [0.15, 0.2) is 23.7 Å². The molecule has 22 heavy (non-hydrogen) atoms. The topological polar surface area (TPSA) is 84.1 Å². The van der Waals surface area contributed by atoms with E-state index in [0.29, 0.717) is 18.8 Å². The van der Waals surface area contributed by atoms with Crippen LogP contribution >= 0.6 is 11.3 Å². The van der Waals surface area contributed by atoms with Gasteiger partial charge in [0.1, 0.15) is 16.5 Å². The van der Waals surface area contributed by atoms with Gasteiger partial charge >= 0.3 is 0 Å². The van der Waals surface area contributed by atoms with Crippen LogP contribution in [-0.4, -0.2) is 29.0 Å². The molecule has 2 aromatic heterocycles. The van der Waals surface area contributed by atoms with E-state index < -0.39 is 0 Å². The normalized spacial score (nSPS) is 14.3. The van der Waals surface area contributed by atoms with E-state index in [1.165, 1.54) is 24.2 Å². The quantitative estimate of drug-likeness (QED) is 0.873. The predicted molar refractivity (Wildman–Crippen MR) is 86.9 cm³/mol. The van der Waals surface area contributed by atoms with E-state index in [-0.39, 0.29) is 5.91 Å². The molecule has 0 spiro atoms. The third kappa shape index (κ3) is 3.42. The average molecular weight is 317 g/mol. The van der Waals surface area contributed by atoms with Crippen LogP contribution in [0.1, 0.15) is 33.9 Å². The average Bonchev–Trinajstić information content (AvgIpc) is 3.24. The van der Waals surface area contributed by atoms with Crippen molar-refractivity contribution < 1.29 is 4.79 Å². The summed E-state index contributed by atoms with van der Waals surface area (Å²) in [6.07, 6.45) is 4.23. The van der Waals surface area contributed by atoms with Gasteiger partial charge in [0.2, 0.25) is 0 Å². The second kappa shape index (κ2) is 6.85. The van der Waals surface area contributed by atoms with E-state index in [0.717, 1.165) is 29.5 Å². The molecule has 7 heteroatoms. The number of anilines is 1. The lowest BCUT2D eigenvalue weighted by Gasteiger charge is -2.16. The Morgan fingerprint density at radius 2 is 2.23 bits per heavy atom. The molecule has 3 heterocycles. The van der Waals surface area contributed by atoms with Crippen molar-refractivity contribution in [1.82, 2.24) is 15.3 Å². The molecule has 1 amide bonds. The number of aromatic nitrogens is 2. The van der Waals surface area contributed by atoms with Crippen molar-refractivity contribution in [1.29, 1.82) is 0 Å². The number of nitrogens with one attached hydrogen (secondary N) is 1. The summed E-state index contributed by atoms with van der Waals surface area (Å²) < 4.78 is 0. The highest BCUT2D eigenvalue weighted by molar-refractivity contribution is 7.09. The van der Waals surface area contributed by atoms with Gasteiger partial charge in [0.15, 0.2) is 0 Å². The van der Waals surface area contributed by atoms with Crippen molar-refractivity contribution in [3.05, 3.63) is 40.0 Å². The van der Waals surface area contributed by atoms with Crippen molar-refractivity contribution in [3.8, 4) is 0 Å². The molecular formula is C15H19N5OS. The largest absolute Gasteiger partial charge is 0.357 e. The van der Waals surface area contributed by atoms with Gasteiger partial charge in [-0.2, -0.15) is 0 Å². The van der Waals surface area contributed by atoms with Crippen molar-refractivity contribution in [3.63, 3.8) is 0 Å². The number of nitrogens with zero attached hydrogens (tertiary/aromatic N) is 3. The summed E-state index contributed by atoms with van der Waals surface area (Å²) in [5, 5.41) is 5.39. The molecule has 0 aromatic carbocycles. The predicted octanol–water partition coefficient (Wildman–Crippen LogP) is 1.53. The summed E-state index contributed by atoms with van der Waals surface area (Å²) in [5.41, 5.74) is 6.98. The van der Waals surface area contributed by atoms with Crippen molar-refractivity contribution in [2.45, 2.75) is 25.9 Å². The van der Waals surface area contributed by atoms with Crippen LogP contribution in [0.4, 0.5) is 5.82 Å². The number of thiazole rings is 1. The lowest BCUT2D eigenvalue weighted by Crippen LogP contribution is -2.24. The first-order chi connectivity index (χ1) is 10.8. The highest BCUT2D eigenvalue weighted by Gasteiger charge is 2.14. The van der Waals surface area contributed by atoms with Crippen LogP contribution in [0.25, 0.3) is 0 Å². The fourth-order valence-electron chi connectivity index (χ4n) is 2.47. The van der Waals surface area contributed by atoms with Gasteiger partial charge in [-0.1, -0.05) is 0 Å². The SMILES string of the molecule is NCc1nc(C(=O)NCc2ccnc(N3CCCC3)c2)cs1. The van der Waals surface area contributed by atoms with Gasteiger partial charge in [-0.05, 0) is 30.5 Å². The van der Waals surface area contributed by atoms with E-state index >= 15 is 0 Å². The molecule has 0 aliphatic carbocycles. The molecule has 1 aliphatic heterocycles. The standard InChI is InChI=1S/C15H19N5OS/c16-8-14-19-12(10-22-14)15(21)18-9-11-3-4-17-13(7-11)20-5-1-2-6-20/h3-4,7,10H,1-2,5-6,8-9,16H2,(H,18,21). The summed E-state index contributed by atoms with van der Waals surface area (Å²) in [6.45, 7) is 2.95. The zero-order valence-electron chi connectivity index (χ0n) is 12.3. The van der Waals surface area contributed by atoms with Crippen LogP contribution in [0, 0.1) is 0 Å². The number of rotatable bonds is 5. The third-order valence-corrected chi connectivity index (χ3v) is 4.52. The van der Waals surface area contributed by atoms with E-state index in [2.05, 4.69) is 20.2 Å². The summed E-state index contributed by atoms with van der Waals surface area (Å²) in [6, 6.07) is 3.96. The van der Waals surface area contributed by atoms with E-state index in [4.69, 9.17) is 5.73 Å². The molecule has 0 radical (unpaired) electrons. The number of carbonyl (C=O) groups excluding carboxylic acids is 1. The minimum absolute atomic E-state index is 0.171. The van der Waals surface area contributed by atoms with Gasteiger partial charge in [0, 0.05) is 37.8 Å². The summed E-state index contributed by atoms with van der Waals surface area (Å²) in [5.74, 6) is 0.818. The van der Waals surface area contributed by atoms with Gasteiger partial charge < -0.3 is 16.0 Å². The van der Waals surface area contributed by atoms with Crippen molar-refractivity contribution >= 4 is 23.1 Å². The van der Waals surface area contributed by atoms with Gasteiger partial charge in [-0.25, -0.2) is 9.97 Å². The molecule has 0 unspecified atom stereocenters. The van der Waals surface area contributed by atoms with E-state index in [1.54, 1.807) is 11.6 Å². The first-order valence-corrected chi connectivity index (χ1v) is 8.27. The second-order valence-corrected chi connectivity index (χ2v) is 6.17. The van der Waals surface area contributed by atoms with Gasteiger partial charge in [-0.15, -0.1) is 11.3 Å². The highest BCUT2D eigenvalue weighted by Crippen LogP contribution is 2.18. The maximum atomic E-state index is 12.1. The van der Waals surface area contributed by atoms with Crippen LogP contribution in [0.3, 0.4) is 0 Å². The monoisotopic (exact) mass is 317 g/mol. The molecule has 1 aliphatic rings. The summed E-state index contributed by atoms with van der Waals surface area (Å²) in [7, 11) is 0. The summed E-state index contributed by atoms with van der Waals surface area (Å²) in [4.78, 5) is 22.9. The van der Waals surface area contributed by atoms with E-state index in [1.807, 2.05) is 12.1 Å². The molecule has 6 nitrogen and oxygen atoms in total. The maximum Gasteiger partial charge on any atom is 0.271 e. The Labute approximate surface area is 133 Å². The first kappa shape index (κ1) is 14.9. The molecule has 0 bridgehead atoms. The Balaban J connectivity index is 1.61. The molecule has 0 atom stereocenters. The van der Waals surface area contributed by atoms with Gasteiger partial charge in [0.05, 0.1) is 0 Å². The number of nitrogens with two attached hydrogens (primary N) is 1. The zero-order chi connectivity index (χ0) is 15.4. The Morgan fingerprint density at radius 3 is 2.95 bits per heavy atom. The third-order valence-electron chi connectivity index (χ3n) is 3.65. The molecular weight excluding hydrogens is 298 g/mol. The number of hydrogen-bond acceptors (Lipinski definition) is 6. The Morgan fingerprint density at radius 1 is 1.41 bits per heavy atom. The number of hydrogen-bond donors (Lipinski definition) is 2. The molecule has 1 saturated heterocycles. The fraction of sp³-hybridized carbons (Fsp3) is 0.400. The summed E-state index contributed by atoms with van der Waals surface area (Å²) >= 11 is 1.41. The molecule has 116 valence electrons. The molecule has 1 fully saturated rings. The smallest absolute Gasteiger partial charge is 0.271 e. The van der Waals surface area contributed by atoms with Crippen LogP contribution in [-0.2, 0) is 13.1 Å². The van der Waals surface area contributed by atoms with Crippen molar-refractivity contribution in [2.24, 2.45) is 5.73 Å². The second-order valence-electron chi connectivity index (χ2n) is 5.23. The maximum absolute atomic E-state index is 12.1. The van der Waals surface area contributed by atoms with Crippen molar-refractivity contribution in [2.75, 3.05) is 18.0 Å². The number of carbonyl (C=O) groups is 1. The first-order valence-electron chi connectivity index (χ1n) is 7.39. The zero-order valence-corrected chi connectivity index (χ0v) is 13.1. The lowest BCUT2D eigenvalue weighted by molar-refractivity contribution is 0.0946. The minimum Gasteiger partial charge on any atom is -0.357 e. The van der Waals surface area contributed by atoms with Gasteiger partial charge in [-0.3, -0.25) is 4.79 Å². The number of pyridine rings is 1. The fourth-order valence-corrected chi connectivity index (χ4v) is 3.13. The molecule has 2 aromatic rings. The molecule has 3 N–H and O–H groups in total. The molecule has 0 saturated carbocycles. The van der Waals surface area contributed by atoms with Crippen LogP contribution in [0.5, 0.6) is 0 Å². The Hall–Kier alpha value is -1.99. The highest BCUT2D eigenvalue weighted by atomic mass is 32.1. The Bertz CT molecular complexity index is 651. The van der Waals surface area contributed by atoms with E-state index in [9.17, 15) is 4.79 Å².